The van der Waals surface area contributed by atoms with Crippen molar-refractivity contribution in [1.29, 1.82) is 0 Å². The largest absolute Gasteiger partial charge is 0.341 e. The van der Waals surface area contributed by atoms with Crippen molar-refractivity contribution in [2.75, 3.05) is 19.6 Å². The molecular formula is C22H30N4O. The molecule has 0 aliphatic carbocycles. The summed E-state index contributed by atoms with van der Waals surface area (Å²) < 4.78 is 2.16. The normalized spacial score (nSPS) is 22.1. The number of imidazole rings is 1. The summed E-state index contributed by atoms with van der Waals surface area (Å²) in [4.78, 5) is 21.9. The Hall–Kier alpha value is -2.14. The van der Waals surface area contributed by atoms with Crippen LogP contribution in [0.25, 0.3) is 0 Å². The van der Waals surface area contributed by atoms with Crippen LogP contribution in [0.4, 0.5) is 0 Å². The summed E-state index contributed by atoms with van der Waals surface area (Å²) in [6.07, 6.45) is 11.3. The molecule has 0 N–H and O–H groups in total. The van der Waals surface area contributed by atoms with Crippen LogP contribution in [0, 0.1) is 5.92 Å². The molecule has 0 bridgehead atoms. The van der Waals surface area contributed by atoms with Crippen LogP contribution in [0.5, 0.6) is 0 Å². The average Bonchev–Trinajstić information content (AvgIpc) is 3.22. The number of benzene rings is 1. The molecule has 2 saturated heterocycles. The van der Waals surface area contributed by atoms with Crippen LogP contribution in [0.1, 0.15) is 37.7 Å². The van der Waals surface area contributed by atoms with Gasteiger partial charge in [0.15, 0.2) is 0 Å². The van der Waals surface area contributed by atoms with E-state index in [1.807, 2.05) is 18.7 Å². The number of rotatable bonds is 5. The number of aromatic nitrogens is 2. The second kappa shape index (κ2) is 8.70. The van der Waals surface area contributed by atoms with Gasteiger partial charge in [0.05, 0.1) is 12.4 Å². The van der Waals surface area contributed by atoms with Gasteiger partial charge in [-0.05, 0) is 43.7 Å². The lowest BCUT2D eigenvalue weighted by Crippen LogP contribution is -2.52. The third kappa shape index (κ3) is 4.59. The zero-order valence-electron chi connectivity index (χ0n) is 16.0. The van der Waals surface area contributed by atoms with Gasteiger partial charge in [0.2, 0.25) is 5.91 Å². The molecule has 5 nitrogen and oxygen atoms in total. The third-order valence-corrected chi connectivity index (χ3v) is 6.08. The Kier molecular flexibility index (Phi) is 5.87. The Morgan fingerprint density at radius 1 is 1.04 bits per heavy atom. The number of carbonyl (C=O) groups is 1. The van der Waals surface area contributed by atoms with Crippen molar-refractivity contribution in [3.63, 3.8) is 0 Å². The first-order chi connectivity index (χ1) is 13.3. The fourth-order valence-corrected chi connectivity index (χ4v) is 4.52. The number of piperidine rings is 2. The highest BCUT2D eigenvalue weighted by Gasteiger charge is 2.33. The summed E-state index contributed by atoms with van der Waals surface area (Å²) >= 11 is 0. The molecule has 1 aromatic carbocycles. The van der Waals surface area contributed by atoms with Crippen molar-refractivity contribution in [2.24, 2.45) is 5.92 Å². The molecule has 1 aromatic heterocycles. The molecule has 1 atom stereocenters. The lowest BCUT2D eigenvalue weighted by atomic mass is 9.94. The fraction of sp³-hybridized carbons (Fsp3) is 0.545. The van der Waals surface area contributed by atoms with Crippen LogP contribution in [0.3, 0.4) is 0 Å². The van der Waals surface area contributed by atoms with Crippen molar-refractivity contribution in [2.45, 2.75) is 51.2 Å². The van der Waals surface area contributed by atoms with Gasteiger partial charge in [-0.2, -0.15) is 0 Å². The monoisotopic (exact) mass is 366 g/mol. The van der Waals surface area contributed by atoms with Crippen molar-refractivity contribution in [1.82, 2.24) is 19.4 Å². The Morgan fingerprint density at radius 3 is 2.59 bits per heavy atom. The zero-order valence-corrected chi connectivity index (χ0v) is 16.0. The molecule has 2 aliphatic heterocycles. The minimum Gasteiger partial charge on any atom is -0.341 e. The van der Waals surface area contributed by atoms with Gasteiger partial charge in [-0.15, -0.1) is 0 Å². The van der Waals surface area contributed by atoms with Gasteiger partial charge >= 0.3 is 0 Å². The van der Waals surface area contributed by atoms with Gasteiger partial charge in [-0.1, -0.05) is 36.8 Å². The van der Waals surface area contributed by atoms with E-state index >= 15 is 0 Å². The Labute approximate surface area is 162 Å². The SMILES string of the molecule is O=C([C@H]1CCCCN1Cc1ccccc1)N1CCC(Cn2ccnc2)CC1. The van der Waals surface area contributed by atoms with Crippen LogP contribution in [-0.4, -0.2) is 50.9 Å². The maximum atomic E-state index is 13.2. The summed E-state index contributed by atoms with van der Waals surface area (Å²) in [7, 11) is 0. The fourth-order valence-electron chi connectivity index (χ4n) is 4.52. The van der Waals surface area contributed by atoms with E-state index in [-0.39, 0.29) is 6.04 Å². The Morgan fingerprint density at radius 2 is 1.85 bits per heavy atom. The number of hydrogen-bond donors (Lipinski definition) is 0. The van der Waals surface area contributed by atoms with Gasteiger partial charge in [-0.3, -0.25) is 9.69 Å². The predicted octanol–water partition coefficient (Wildman–Crippen LogP) is 3.18. The summed E-state index contributed by atoms with van der Waals surface area (Å²) in [6.45, 7) is 4.73. The van der Waals surface area contributed by atoms with Crippen LogP contribution in [0.15, 0.2) is 49.1 Å². The minimum absolute atomic E-state index is 0.0594. The quantitative estimate of drug-likeness (QED) is 0.816. The first-order valence-corrected chi connectivity index (χ1v) is 10.3. The van der Waals surface area contributed by atoms with Crippen LogP contribution < -0.4 is 0 Å². The molecule has 3 heterocycles. The van der Waals surface area contributed by atoms with Gasteiger partial charge in [-0.25, -0.2) is 4.98 Å². The van der Waals surface area contributed by atoms with Gasteiger partial charge in [0.1, 0.15) is 0 Å². The van der Waals surface area contributed by atoms with Crippen molar-refractivity contribution in [3.05, 3.63) is 54.6 Å². The highest BCUT2D eigenvalue weighted by Crippen LogP contribution is 2.25. The van der Waals surface area contributed by atoms with Crippen LogP contribution in [-0.2, 0) is 17.9 Å². The molecule has 0 spiro atoms. The summed E-state index contributed by atoms with van der Waals surface area (Å²) in [5, 5.41) is 0. The zero-order chi connectivity index (χ0) is 18.5. The van der Waals surface area contributed by atoms with E-state index in [4.69, 9.17) is 0 Å². The van der Waals surface area contributed by atoms with Crippen molar-refractivity contribution >= 4 is 5.91 Å². The molecule has 5 heteroatoms. The van der Waals surface area contributed by atoms with E-state index in [2.05, 4.69) is 49.7 Å². The topological polar surface area (TPSA) is 41.4 Å². The van der Waals surface area contributed by atoms with E-state index in [1.54, 1.807) is 0 Å². The summed E-state index contributed by atoms with van der Waals surface area (Å²) in [5.41, 5.74) is 1.30. The second-order valence-electron chi connectivity index (χ2n) is 8.00. The van der Waals surface area contributed by atoms with E-state index in [9.17, 15) is 4.79 Å². The maximum absolute atomic E-state index is 13.2. The van der Waals surface area contributed by atoms with Gasteiger partial charge in [0, 0.05) is 38.6 Å². The van der Waals surface area contributed by atoms with Crippen molar-refractivity contribution in [3.8, 4) is 0 Å². The third-order valence-electron chi connectivity index (χ3n) is 6.08. The summed E-state index contributed by atoms with van der Waals surface area (Å²) in [6, 6.07) is 10.6. The maximum Gasteiger partial charge on any atom is 0.239 e. The average molecular weight is 367 g/mol. The Bertz CT molecular complexity index is 707. The first-order valence-electron chi connectivity index (χ1n) is 10.3. The molecule has 4 rings (SSSR count). The number of nitrogens with zero attached hydrogens (tertiary/aromatic N) is 4. The van der Waals surface area contributed by atoms with E-state index < -0.39 is 0 Å². The van der Waals surface area contributed by atoms with Gasteiger partial charge in [0.25, 0.3) is 0 Å². The van der Waals surface area contributed by atoms with Crippen molar-refractivity contribution < 1.29 is 4.79 Å². The first kappa shape index (κ1) is 18.2. The molecular weight excluding hydrogens is 336 g/mol. The molecule has 1 amide bonds. The van der Waals surface area contributed by atoms with E-state index in [0.717, 1.165) is 52.0 Å². The van der Waals surface area contributed by atoms with E-state index in [0.29, 0.717) is 11.8 Å². The molecule has 0 radical (unpaired) electrons. The molecule has 2 aromatic rings. The number of likely N-dealkylation sites (tertiary alicyclic amines) is 2. The van der Waals surface area contributed by atoms with Crippen LogP contribution in [0.2, 0.25) is 0 Å². The summed E-state index contributed by atoms with van der Waals surface area (Å²) in [5.74, 6) is 1.00. The Balaban J connectivity index is 1.33. The molecule has 2 fully saturated rings. The minimum atomic E-state index is 0.0594. The van der Waals surface area contributed by atoms with Gasteiger partial charge < -0.3 is 9.47 Å². The highest BCUT2D eigenvalue weighted by atomic mass is 16.2. The molecule has 0 unspecified atom stereocenters. The lowest BCUT2D eigenvalue weighted by molar-refractivity contribution is -0.140. The highest BCUT2D eigenvalue weighted by molar-refractivity contribution is 5.82. The van der Waals surface area contributed by atoms with E-state index in [1.165, 1.54) is 18.4 Å². The lowest BCUT2D eigenvalue weighted by Gasteiger charge is -2.40. The second-order valence-corrected chi connectivity index (χ2v) is 8.00. The number of amides is 1. The smallest absolute Gasteiger partial charge is 0.239 e. The van der Waals surface area contributed by atoms with Crippen LogP contribution >= 0.6 is 0 Å². The number of carbonyl (C=O) groups excluding carboxylic acids is 1. The number of hydrogen-bond acceptors (Lipinski definition) is 3. The molecule has 2 aliphatic rings. The molecule has 0 saturated carbocycles. The molecule has 144 valence electrons. The molecule has 27 heavy (non-hydrogen) atoms. The standard InChI is InChI=1S/C22H30N4O/c27-22(25-13-9-20(10-14-25)16-24-15-11-23-18-24)21-8-4-5-12-26(21)17-19-6-2-1-3-7-19/h1-3,6-7,11,15,18,20-21H,4-5,8-10,12-14,16-17H2/t21-/m1/s1. The predicted molar refractivity (Wildman–Crippen MR) is 106 cm³/mol.